The van der Waals surface area contributed by atoms with Crippen molar-refractivity contribution in [2.75, 3.05) is 0 Å². The molecule has 1 aromatic heterocycles. The first kappa shape index (κ1) is 24.3. The predicted octanol–water partition coefficient (Wildman–Crippen LogP) is 3.13. The van der Waals surface area contributed by atoms with E-state index in [1.165, 1.54) is 20.8 Å². The third-order valence-electron chi connectivity index (χ3n) is 3.60. The zero-order valence-corrected chi connectivity index (χ0v) is 16.9. The van der Waals surface area contributed by atoms with Gasteiger partial charge in [-0.2, -0.15) is 22.0 Å². The molecule has 27 heavy (non-hydrogen) atoms. The minimum absolute atomic E-state index is 0.224. The molecular formula is C14H17BrF6N2O3S. The van der Waals surface area contributed by atoms with Gasteiger partial charge < -0.3 is 10.2 Å². The summed E-state index contributed by atoms with van der Waals surface area (Å²) in [5.41, 5.74) is -4.82. The van der Waals surface area contributed by atoms with Crippen molar-refractivity contribution in [2.24, 2.45) is 0 Å². The summed E-state index contributed by atoms with van der Waals surface area (Å²) in [5, 5.41) is 18.5. The molecule has 5 nitrogen and oxygen atoms in total. The Balaban J connectivity index is 3.79. The lowest BCUT2D eigenvalue weighted by molar-refractivity contribution is -0.429. The Morgan fingerprint density at radius 3 is 1.96 bits per heavy atom. The van der Waals surface area contributed by atoms with Crippen LogP contribution in [0.2, 0.25) is 0 Å². The molecule has 0 aliphatic heterocycles. The van der Waals surface area contributed by atoms with E-state index in [2.05, 4.69) is 20.9 Å². The molecule has 0 fully saturated rings. The van der Waals surface area contributed by atoms with E-state index >= 15 is 0 Å². The maximum atomic E-state index is 14.9. The second-order valence-corrected chi connectivity index (χ2v) is 9.60. The fourth-order valence-electron chi connectivity index (χ4n) is 1.90. The average Bonchev–Trinajstić information content (AvgIpc) is 2.46. The Morgan fingerprint density at radius 2 is 1.56 bits per heavy atom. The van der Waals surface area contributed by atoms with E-state index < -0.39 is 50.7 Å². The normalized spacial score (nSPS) is 17.5. The molecule has 0 saturated heterocycles. The van der Waals surface area contributed by atoms with Gasteiger partial charge in [-0.3, -0.25) is 0 Å². The van der Waals surface area contributed by atoms with E-state index in [0.717, 1.165) is 6.07 Å². The number of pyridine rings is 1. The highest BCUT2D eigenvalue weighted by molar-refractivity contribution is 9.10. The molecule has 0 unspecified atom stereocenters. The maximum Gasteiger partial charge on any atom is 0.449 e. The van der Waals surface area contributed by atoms with Crippen molar-refractivity contribution in [2.45, 2.75) is 55.9 Å². The van der Waals surface area contributed by atoms with Crippen molar-refractivity contribution in [3.8, 4) is 0 Å². The van der Waals surface area contributed by atoms with Crippen LogP contribution in [0.15, 0.2) is 16.7 Å². The summed E-state index contributed by atoms with van der Waals surface area (Å²) in [6, 6.07) is 1.62. The zero-order valence-electron chi connectivity index (χ0n) is 14.5. The summed E-state index contributed by atoms with van der Waals surface area (Å²) in [5.74, 6) is -12.6. The quantitative estimate of drug-likeness (QED) is 0.339. The molecule has 1 heterocycles. The smallest absolute Gasteiger partial charge is 0.354 e. The molecule has 0 bridgehead atoms. The first-order valence-electron chi connectivity index (χ1n) is 7.20. The molecule has 1 rings (SSSR count). The molecule has 0 aliphatic carbocycles. The number of nitrogens with one attached hydrogen (secondary N) is 1. The second kappa shape index (κ2) is 7.25. The number of nitrogens with zero attached hydrogens (tertiary/aromatic N) is 1. The number of alkyl halides is 5. The van der Waals surface area contributed by atoms with E-state index in [1.54, 1.807) is 4.72 Å². The fraction of sp³-hybridized carbons (Fsp3) is 0.643. The largest absolute Gasteiger partial charge is 0.449 e. The molecule has 13 heteroatoms. The summed E-state index contributed by atoms with van der Waals surface area (Å²) < 4.78 is 95.2. The van der Waals surface area contributed by atoms with Crippen molar-refractivity contribution in [3.63, 3.8) is 0 Å². The Hall–Kier alpha value is -0.760. The minimum atomic E-state index is -6.22. The molecule has 3 N–H and O–H groups in total. The summed E-state index contributed by atoms with van der Waals surface area (Å²) in [6.45, 7) is 4.29. The van der Waals surface area contributed by atoms with Gasteiger partial charge >= 0.3 is 17.9 Å². The molecule has 1 aromatic rings. The number of aromatic nitrogens is 1. The predicted molar refractivity (Wildman–Crippen MR) is 88.4 cm³/mol. The Bertz CT molecular complexity index is 739. The molecule has 0 aliphatic rings. The van der Waals surface area contributed by atoms with Gasteiger partial charge in [0, 0.05) is 0 Å². The monoisotopic (exact) mass is 486 g/mol. The SMILES string of the molecule is CC(C)(C)[S@@](=O)N[C@](C)(c1nc(Br)ccc1F)C(F)(F)C(O)(O)C(F)(F)F. The molecule has 2 atom stereocenters. The molecule has 0 aromatic carbocycles. The number of hydrogen-bond donors (Lipinski definition) is 3. The first-order valence-corrected chi connectivity index (χ1v) is 9.15. The van der Waals surface area contributed by atoms with Gasteiger partial charge in [0.2, 0.25) is 0 Å². The minimum Gasteiger partial charge on any atom is -0.354 e. The van der Waals surface area contributed by atoms with E-state index in [9.17, 15) is 40.8 Å². The van der Waals surface area contributed by atoms with E-state index in [-0.39, 0.29) is 4.60 Å². The van der Waals surface area contributed by atoms with Crippen molar-refractivity contribution in [1.29, 1.82) is 0 Å². The van der Waals surface area contributed by atoms with Crippen LogP contribution in [0.25, 0.3) is 0 Å². The van der Waals surface area contributed by atoms with Crippen LogP contribution in [0.3, 0.4) is 0 Å². The highest BCUT2D eigenvalue weighted by Crippen LogP contribution is 2.50. The number of halogens is 7. The summed E-state index contributed by atoms with van der Waals surface area (Å²) in [7, 11) is -2.47. The van der Waals surface area contributed by atoms with Crippen LogP contribution in [0.1, 0.15) is 33.4 Å². The number of rotatable bonds is 5. The van der Waals surface area contributed by atoms with Gasteiger partial charge in [-0.1, -0.05) is 0 Å². The lowest BCUT2D eigenvalue weighted by Crippen LogP contribution is -2.71. The summed E-state index contributed by atoms with van der Waals surface area (Å²) in [4.78, 5) is 3.42. The van der Waals surface area contributed by atoms with Crippen LogP contribution in [-0.4, -0.2) is 42.0 Å². The van der Waals surface area contributed by atoms with Gasteiger partial charge in [0.05, 0.1) is 15.7 Å². The van der Waals surface area contributed by atoms with Crippen molar-refractivity contribution in [3.05, 3.63) is 28.2 Å². The van der Waals surface area contributed by atoms with Crippen LogP contribution in [0, 0.1) is 5.82 Å². The highest BCUT2D eigenvalue weighted by atomic mass is 79.9. The van der Waals surface area contributed by atoms with Gasteiger partial charge in [-0.25, -0.2) is 18.3 Å². The molecule has 0 amide bonds. The third-order valence-corrected chi connectivity index (χ3v) is 5.75. The van der Waals surface area contributed by atoms with Gasteiger partial charge in [0.25, 0.3) is 0 Å². The van der Waals surface area contributed by atoms with Crippen LogP contribution in [0.5, 0.6) is 0 Å². The number of hydrogen-bond acceptors (Lipinski definition) is 4. The lowest BCUT2D eigenvalue weighted by Gasteiger charge is -2.44. The number of aliphatic hydroxyl groups is 2. The van der Waals surface area contributed by atoms with Crippen LogP contribution in [-0.2, 0) is 16.5 Å². The Kier molecular flexibility index (Phi) is 6.52. The van der Waals surface area contributed by atoms with Crippen molar-refractivity contribution < 1.29 is 40.8 Å². The average molecular weight is 487 g/mol. The van der Waals surface area contributed by atoms with Crippen LogP contribution >= 0.6 is 15.9 Å². The fourth-order valence-corrected chi connectivity index (χ4v) is 3.11. The zero-order chi connectivity index (χ0) is 21.6. The van der Waals surface area contributed by atoms with Gasteiger partial charge in [0.1, 0.15) is 21.7 Å². The Morgan fingerprint density at radius 1 is 1.07 bits per heavy atom. The highest BCUT2D eigenvalue weighted by Gasteiger charge is 2.76. The second-order valence-electron chi connectivity index (χ2n) is 6.82. The van der Waals surface area contributed by atoms with Crippen molar-refractivity contribution in [1.82, 2.24) is 9.71 Å². The van der Waals surface area contributed by atoms with Crippen LogP contribution < -0.4 is 4.72 Å². The van der Waals surface area contributed by atoms with Gasteiger partial charge in [-0.15, -0.1) is 0 Å². The topological polar surface area (TPSA) is 82.5 Å². The van der Waals surface area contributed by atoms with E-state index in [0.29, 0.717) is 13.0 Å². The molecule has 0 radical (unpaired) electrons. The van der Waals surface area contributed by atoms with Crippen molar-refractivity contribution >= 4 is 26.9 Å². The standard InChI is InChI=1S/C14H17BrF6N2O3S/c1-10(2,3)27(26)23-11(4,9-7(16)5-6-8(15)22-9)12(17,18)13(24,25)14(19,20)21/h5-6,23-25H,1-4H3/t11-,27-/m1/s1. The molecule has 0 saturated carbocycles. The van der Waals surface area contributed by atoms with Gasteiger partial charge in [-0.05, 0) is 55.8 Å². The maximum absolute atomic E-state index is 14.9. The Labute approximate surface area is 161 Å². The molecule has 156 valence electrons. The third kappa shape index (κ3) is 4.31. The summed E-state index contributed by atoms with van der Waals surface area (Å²) >= 11 is 2.78. The molecular weight excluding hydrogens is 470 g/mol. The molecule has 0 spiro atoms. The first-order chi connectivity index (χ1) is 11.8. The lowest BCUT2D eigenvalue weighted by atomic mass is 9.84. The van der Waals surface area contributed by atoms with E-state index in [1.807, 2.05) is 0 Å². The van der Waals surface area contributed by atoms with E-state index in [4.69, 9.17) is 0 Å². The van der Waals surface area contributed by atoms with Crippen LogP contribution in [0.4, 0.5) is 26.3 Å². The van der Waals surface area contributed by atoms with Gasteiger partial charge in [0.15, 0.2) is 0 Å². The summed E-state index contributed by atoms with van der Waals surface area (Å²) in [6.07, 6.45) is -6.22.